The van der Waals surface area contributed by atoms with Crippen LogP contribution in [0.2, 0.25) is 0 Å². The summed E-state index contributed by atoms with van der Waals surface area (Å²) in [6.45, 7) is 2.19. The molecule has 1 aromatic carbocycles. The highest BCUT2D eigenvalue weighted by atomic mass is 16.5. The van der Waals surface area contributed by atoms with Crippen molar-refractivity contribution < 1.29 is 14.6 Å². The molecule has 1 aromatic heterocycles. The third kappa shape index (κ3) is 3.85. The number of aromatic amines is 1. The molecule has 0 aliphatic heterocycles. The molecule has 0 spiro atoms. The summed E-state index contributed by atoms with van der Waals surface area (Å²) in [6.07, 6.45) is 0.114. The minimum Gasteiger partial charge on any atom is -0.497 e. The molecule has 1 unspecified atom stereocenters. The molecule has 6 nitrogen and oxygen atoms in total. The van der Waals surface area contributed by atoms with Crippen LogP contribution in [0.1, 0.15) is 23.8 Å². The average Bonchev–Trinajstić information content (AvgIpc) is 3.01. The van der Waals surface area contributed by atoms with Crippen LogP contribution in [0.5, 0.6) is 5.75 Å². The first-order valence-electron chi connectivity index (χ1n) is 7.14. The van der Waals surface area contributed by atoms with Gasteiger partial charge >= 0.3 is 0 Å². The quantitative estimate of drug-likeness (QED) is 0.854. The number of H-pyrrole nitrogens is 1. The van der Waals surface area contributed by atoms with Crippen molar-refractivity contribution in [2.24, 2.45) is 0 Å². The largest absolute Gasteiger partial charge is 0.497 e. The Balaban J connectivity index is 2.11. The normalized spacial score (nSPS) is 12.0. The second-order valence-electron chi connectivity index (χ2n) is 5.26. The second-order valence-corrected chi connectivity index (χ2v) is 5.26. The molecule has 2 aromatic rings. The van der Waals surface area contributed by atoms with Gasteiger partial charge < -0.3 is 14.7 Å². The average molecular weight is 303 g/mol. The highest BCUT2D eigenvalue weighted by molar-refractivity contribution is 5.93. The Morgan fingerprint density at radius 1 is 1.45 bits per heavy atom. The van der Waals surface area contributed by atoms with Crippen LogP contribution in [0.4, 0.5) is 0 Å². The highest BCUT2D eigenvalue weighted by Crippen LogP contribution is 2.22. The topological polar surface area (TPSA) is 78.5 Å². The van der Waals surface area contributed by atoms with Crippen molar-refractivity contribution in [2.45, 2.75) is 19.4 Å². The molecule has 1 atom stereocenters. The number of benzene rings is 1. The van der Waals surface area contributed by atoms with Crippen molar-refractivity contribution in [1.29, 1.82) is 0 Å². The molecule has 22 heavy (non-hydrogen) atoms. The summed E-state index contributed by atoms with van der Waals surface area (Å²) < 4.78 is 5.19. The fourth-order valence-corrected chi connectivity index (χ4v) is 2.05. The zero-order chi connectivity index (χ0) is 16.1. The summed E-state index contributed by atoms with van der Waals surface area (Å²) in [5.41, 5.74) is 1.98. The number of aliphatic hydroxyl groups is 1. The number of carbonyl (C=O) groups is 1. The number of hydrogen-bond acceptors (Lipinski definition) is 4. The lowest BCUT2D eigenvalue weighted by Crippen LogP contribution is -2.29. The number of aliphatic hydroxyl groups excluding tert-OH is 1. The first-order valence-corrected chi connectivity index (χ1v) is 7.14. The summed E-state index contributed by atoms with van der Waals surface area (Å²) in [5.74, 6) is 0.588. The van der Waals surface area contributed by atoms with Gasteiger partial charge in [0, 0.05) is 19.2 Å². The Labute approximate surface area is 129 Å². The molecule has 118 valence electrons. The van der Waals surface area contributed by atoms with E-state index in [2.05, 4.69) is 10.2 Å². The molecule has 0 aliphatic carbocycles. The number of hydrogen-bond donors (Lipinski definition) is 2. The van der Waals surface area contributed by atoms with Crippen LogP contribution in [0.25, 0.3) is 11.3 Å². The van der Waals surface area contributed by atoms with Gasteiger partial charge in [-0.15, -0.1) is 0 Å². The van der Waals surface area contributed by atoms with Crippen molar-refractivity contribution in [2.75, 3.05) is 20.7 Å². The molecule has 0 saturated heterocycles. The van der Waals surface area contributed by atoms with Crippen LogP contribution < -0.4 is 4.74 Å². The first-order chi connectivity index (χ1) is 10.5. The maximum absolute atomic E-state index is 12.3. The van der Waals surface area contributed by atoms with E-state index in [9.17, 15) is 9.90 Å². The van der Waals surface area contributed by atoms with Crippen molar-refractivity contribution in [1.82, 2.24) is 15.1 Å². The number of nitrogens with one attached hydrogen (secondary N) is 1. The van der Waals surface area contributed by atoms with Crippen molar-refractivity contribution in [3.8, 4) is 17.0 Å². The van der Waals surface area contributed by atoms with Crippen molar-refractivity contribution in [3.05, 3.63) is 36.0 Å². The smallest absolute Gasteiger partial charge is 0.271 e. The van der Waals surface area contributed by atoms with Gasteiger partial charge in [-0.05, 0) is 31.5 Å². The van der Waals surface area contributed by atoms with E-state index >= 15 is 0 Å². The summed E-state index contributed by atoms with van der Waals surface area (Å²) in [4.78, 5) is 13.8. The molecule has 1 heterocycles. The van der Waals surface area contributed by atoms with E-state index in [4.69, 9.17) is 4.74 Å². The zero-order valence-corrected chi connectivity index (χ0v) is 13.0. The summed E-state index contributed by atoms with van der Waals surface area (Å²) in [5, 5.41) is 16.2. The molecule has 1 amide bonds. The number of aromatic nitrogens is 2. The van der Waals surface area contributed by atoms with E-state index in [1.165, 1.54) is 0 Å². The maximum atomic E-state index is 12.3. The Bertz CT molecular complexity index is 637. The fourth-order valence-electron chi connectivity index (χ4n) is 2.05. The molecule has 2 rings (SSSR count). The van der Waals surface area contributed by atoms with E-state index in [1.54, 1.807) is 32.0 Å². The zero-order valence-electron chi connectivity index (χ0n) is 13.0. The highest BCUT2D eigenvalue weighted by Gasteiger charge is 2.16. The van der Waals surface area contributed by atoms with Gasteiger partial charge in [-0.1, -0.05) is 12.1 Å². The van der Waals surface area contributed by atoms with Crippen LogP contribution in [-0.2, 0) is 0 Å². The van der Waals surface area contributed by atoms with Gasteiger partial charge in [0.2, 0.25) is 0 Å². The SMILES string of the molecule is COc1cccc(-c2cc(C(=O)N(C)CCC(C)O)[nH]n2)c1. The van der Waals surface area contributed by atoms with Crippen LogP contribution in [0.3, 0.4) is 0 Å². The van der Waals surface area contributed by atoms with E-state index in [1.807, 2.05) is 24.3 Å². The lowest BCUT2D eigenvalue weighted by Gasteiger charge is -2.16. The molecular weight excluding hydrogens is 282 g/mol. The lowest BCUT2D eigenvalue weighted by atomic mass is 10.1. The summed E-state index contributed by atoms with van der Waals surface area (Å²) in [6, 6.07) is 9.22. The fraction of sp³-hybridized carbons (Fsp3) is 0.375. The molecule has 6 heteroatoms. The van der Waals surface area contributed by atoms with E-state index in [-0.39, 0.29) is 5.91 Å². The van der Waals surface area contributed by atoms with Gasteiger partial charge in [0.15, 0.2) is 0 Å². The number of carbonyl (C=O) groups excluding carboxylic acids is 1. The molecule has 0 bridgehead atoms. The maximum Gasteiger partial charge on any atom is 0.271 e. The van der Waals surface area contributed by atoms with Gasteiger partial charge in [-0.3, -0.25) is 9.89 Å². The molecule has 0 fully saturated rings. The Hall–Kier alpha value is -2.34. The van der Waals surface area contributed by atoms with Crippen LogP contribution in [0.15, 0.2) is 30.3 Å². The molecule has 0 aliphatic rings. The third-order valence-corrected chi connectivity index (χ3v) is 3.40. The van der Waals surface area contributed by atoms with E-state index in [0.717, 1.165) is 11.3 Å². The standard InChI is InChI=1S/C16H21N3O3/c1-11(20)7-8-19(2)16(21)15-10-14(17-18-15)12-5-4-6-13(9-12)22-3/h4-6,9-11,20H,7-8H2,1-3H3,(H,17,18). The lowest BCUT2D eigenvalue weighted by molar-refractivity contribution is 0.0763. The number of rotatable bonds is 6. The van der Waals surface area contributed by atoms with Gasteiger partial charge in [0.1, 0.15) is 11.4 Å². The van der Waals surface area contributed by atoms with Crippen LogP contribution in [-0.4, -0.2) is 52.9 Å². The molecule has 0 radical (unpaired) electrons. The number of nitrogens with zero attached hydrogens (tertiary/aromatic N) is 2. The monoisotopic (exact) mass is 303 g/mol. The first kappa shape index (κ1) is 16.0. The molecule has 2 N–H and O–H groups in total. The third-order valence-electron chi connectivity index (χ3n) is 3.40. The predicted octanol–water partition coefficient (Wildman–Crippen LogP) is 1.93. The van der Waals surface area contributed by atoms with Crippen molar-refractivity contribution in [3.63, 3.8) is 0 Å². The molecule has 0 saturated carbocycles. The van der Waals surface area contributed by atoms with Crippen LogP contribution in [0, 0.1) is 0 Å². The number of amides is 1. The minimum absolute atomic E-state index is 0.151. The van der Waals surface area contributed by atoms with Gasteiger partial charge in [0.25, 0.3) is 5.91 Å². The molecular formula is C16H21N3O3. The second kappa shape index (κ2) is 7.09. The number of methoxy groups -OCH3 is 1. The Morgan fingerprint density at radius 3 is 2.91 bits per heavy atom. The minimum atomic E-state index is -0.427. The van der Waals surface area contributed by atoms with Gasteiger partial charge in [-0.25, -0.2) is 0 Å². The van der Waals surface area contributed by atoms with E-state index in [0.29, 0.717) is 24.4 Å². The summed E-state index contributed by atoms with van der Waals surface area (Å²) >= 11 is 0. The van der Waals surface area contributed by atoms with Crippen molar-refractivity contribution >= 4 is 5.91 Å². The predicted molar refractivity (Wildman–Crippen MR) is 83.8 cm³/mol. The van der Waals surface area contributed by atoms with Gasteiger partial charge in [0.05, 0.1) is 18.9 Å². The van der Waals surface area contributed by atoms with Gasteiger partial charge in [-0.2, -0.15) is 5.10 Å². The van der Waals surface area contributed by atoms with E-state index < -0.39 is 6.10 Å². The number of ether oxygens (including phenoxy) is 1. The van der Waals surface area contributed by atoms with Crippen LogP contribution >= 0.6 is 0 Å². The Kier molecular flexibility index (Phi) is 5.16. The summed E-state index contributed by atoms with van der Waals surface area (Å²) in [7, 11) is 3.31. The Morgan fingerprint density at radius 2 is 2.23 bits per heavy atom.